The SMILES string of the molecule is Cc1noc(CNCc2ccc(OC(F)F)cc2)n1. The molecule has 0 saturated carbocycles. The Kier molecular flexibility index (Phi) is 4.40. The zero-order chi connectivity index (χ0) is 13.7. The summed E-state index contributed by atoms with van der Waals surface area (Å²) in [5.41, 5.74) is 0.942. The van der Waals surface area contributed by atoms with Gasteiger partial charge in [-0.15, -0.1) is 0 Å². The number of hydrogen-bond donors (Lipinski definition) is 1. The smallest absolute Gasteiger partial charge is 0.387 e. The van der Waals surface area contributed by atoms with Crippen molar-refractivity contribution in [2.75, 3.05) is 0 Å². The zero-order valence-corrected chi connectivity index (χ0v) is 10.3. The van der Waals surface area contributed by atoms with E-state index in [-0.39, 0.29) is 5.75 Å². The van der Waals surface area contributed by atoms with Gasteiger partial charge in [0, 0.05) is 6.54 Å². The van der Waals surface area contributed by atoms with Gasteiger partial charge in [-0.25, -0.2) is 0 Å². The van der Waals surface area contributed by atoms with Crippen LogP contribution in [-0.2, 0) is 13.1 Å². The lowest BCUT2D eigenvalue weighted by Gasteiger charge is -2.06. The van der Waals surface area contributed by atoms with E-state index in [1.54, 1.807) is 19.1 Å². The first-order valence-electron chi connectivity index (χ1n) is 5.67. The van der Waals surface area contributed by atoms with Gasteiger partial charge in [0.2, 0.25) is 5.89 Å². The maximum Gasteiger partial charge on any atom is 0.387 e. The third-order valence-electron chi connectivity index (χ3n) is 2.32. The first-order valence-corrected chi connectivity index (χ1v) is 5.67. The summed E-state index contributed by atoms with van der Waals surface area (Å²) in [6.07, 6.45) is 0. The van der Waals surface area contributed by atoms with Crippen LogP contribution in [0.1, 0.15) is 17.3 Å². The molecule has 0 radical (unpaired) electrons. The van der Waals surface area contributed by atoms with Crippen molar-refractivity contribution in [1.82, 2.24) is 15.5 Å². The lowest BCUT2D eigenvalue weighted by Crippen LogP contribution is -2.13. The molecule has 1 heterocycles. The van der Waals surface area contributed by atoms with Crippen LogP contribution in [0.3, 0.4) is 0 Å². The third-order valence-corrected chi connectivity index (χ3v) is 2.32. The van der Waals surface area contributed by atoms with Crippen LogP contribution in [0.5, 0.6) is 5.75 Å². The predicted octanol–water partition coefficient (Wildman–Crippen LogP) is 2.27. The molecule has 0 spiro atoms. The average molecular weight is 269 g/mol. The highest BCUT2D eigenvalue weighted by atomic mass is 19.3. The molecule has 1 aromatic heterocycles. The number of rotatable bonds is 6. The second-order valence-corrected chi connectivity index (χ2v) is 3.86. The molecular weight excluding hydrogens is 256 g/mol. The number of aromatic nitrogens is 2. The van der Waals surface area contributed by atoms with Gasteiger partial charge >= 0.3 is 6.61 Å². The highest BCUT2D eigenvalue weighted by Gasteiger charge is 2.04. The van der Waals surface area contributed by atoms with Crippen LogP contribution in [-0.4, -0.2) is 16.8 Å². The van der Waals surface area contributed by atoms with Gasteiger partial charge in [-0.2, -0.15) is 13.8 Å². The molecule has 0 amide bonds. The molecule has 7 heteroatoms. The molecule has 0 atom stereocenters. The number of alkyl halides is 2. The minimum Gasteiger partial charge on any atom is -0.435 e. The fraction of sp³-hybridized carbons (Fsp3) is 0.333. The lowest BCUT2D eigenvalue weighted by molar-refractivity contribution is -0.0498. The van der Waals surface area contributed by atoms with Crippen LogP contribution in [0, 0.1) is 6.92 Å². The molecule has 0 aliphatic carbocycles. The van der Waals surface area contributed by atoms with Crippen molar-refractivity contribution in [2.24, 2.45) is 0 Å². The Morgan fingerprint density at radius 2 is 2.00 bits per heavy atom. The first kappa shape index (κ1) is 13.4. The maximum absolute atomic E-state index is 12.0. The summed E-state index contributed by atoms with van der Waals surface area (Å²) in [5.74, 6) is 1.24. The zero-order valence-electron chi connectivity index (χ0n) is 10.3. The molecule has 19 heavy (non-hydrogen) atoms. The fourth-order valence-corrected chi connectivity index (χ4v) is 1.51. The number of benzene rings is 1. The number of hydrogen-bond acceptors (Lipinski definition) is 5. The average Bonchev–Trinajstić information content (AvgIpc) is 2.77. The molecule has 102 valence electrons. The fourth-order valence-electron chi connectivity index (χ4n) is 1.51. The van der Waals surface area contributed by atoms with E-state index in [4.69, 9.17) is 4.52 Å². The van der Waals surface area contributed by atoms with Gasteiger partial charge in [-0.1, -0.05) is 17.3 Å². The molecule has 2 rings (SSSR count). The summed E-state index contributed by atoms with van der Waals surface area (Å²) >= 11 is 0. The molecular formula is C12H13F2N3O2. The van der Waals surface area contributed by atoms with E-state index in [9.17, 15) is 8.78 Å². The van der Waals surface area contributed by atoms with Gasteiger partial charge in [0.15, 0.2) is 5.82 Å². The Bertz CT molecular complexity index is 514. The summed E-state index contributed by atoms with van der Waals surface area (Å²) in [7, 11) is 0. The Hall–Kier alpha value is -2.02. The number of nitrogens with zero attached hydrogens (tertiary/aromatic N) is 2. The summed E-state index contributed by atoms with van der Waals surface area (Å²) in [4.78, 5) is 4.05. The largest absolute Gasteiger partial charge is 0.435 e. The summed E-state index contributed by atoms with van der Waals surface area (Å²) in [5, 5.41) is 6.77. The van der Waals surface area contributed by atoms with Crippen LogP contribution < -0.4 is 10.1 Å². The van der Waals surface area contributed by atoms with Crippen molar-refractivity contribution in [3.8, 4) is 5.75 Å². The maximum atomic E-state index is 12.0. The molecule has 0 bridgehead atoms. The molecule has 0 aliphatic heterocycles. The van der Waals surface area contributed by atoms with Crippen LogP contribution in [0.25, 0.3) is 0 Å². The number of aryl methyl sites for hydroxylation is 1. The summed E-state index contributed by atoms with van der Waals surface area (Å²) < 4.78 is 33.1. The van der Waals surface area contributed by atoms with Gasteiger partial charge in [-0.3, -0.25) is 0 Å². The number of ether oxygens (including phenoxy) is 1. The van der Waals surface area contributed by atoms with Crippen molar-refractivity contribution >= 4 is 0 Å². The van der Waals surface area contributed by atoms with E-state index >= 15 is 0 Å². The highest BCUT2D eigenvalue weighted by Crippen LogP contribution is 2.14. The summed E-state index contributed by atoms with van der Waals surface area (Å²) in [6, 6.07) is 6.42. The minimum absolute atomic E-state index is 0.145. The van der Waals surface area contributed by atoms with Crippen LogP contribution in [0.2, 0.25) is 0 Å². The van der Waals surface area contributed by atoms with E-state index in [1.165, 1.54) is 12.1 Å². The monoisotopic (exact) mass is 269 g/mol. The normalized spacial score (nSPS) is 10.9. The first-order chi connectivity index (χ1) is 9.13. The van der Waals surface area contributed by atoms with E-state index in [0.29, 0.717) is 24.8 Å². The van der Waals surface area contributed by atoms with Crippen molar-refractivity contribution < 1.29 is 18.0 Å². The standard InChI is InChI=1S/C12H13F2N3O2/c1-8-16-11(19-17-8)7-15-6-9-2-4-10(5-3-9)18-12(13)14/h2-5,12,15H,6-7H2,1H3. The third kappa shape index (κ3) is 4.29. The highest BCUT2D eigenvalue weighted by molar-refractivity contribution is 5.27. The number of halogens is 2. The molecule has 1 N–H and O–H groups in total. The van der Waals surface area contributed by atoms with E-state index in [1.807, 2.05) is 0 Å². The van der Waals surface area contributed by atoms with Gasteiger partial charge in [-0.05, 0) is 24.6 Å². The Morgan fingerprint density at radius 1 is 1.26 bits per heavy atom. The van der Waals surface area contributed by atoms with Crippen molar-refractivity contribution in [3.63, 3.8) is 0 Å². The van der Waals surface area contributed by atoms with Gasteiger partial charge in [0.25, 0.3) is 0 Å². The second kappa shape index (κ2) is 6.24. The van der Waals surface area contributed by atoms with E-state index in [0.717, 1.165) is 5.56 Å². The van der Waals surface area contributed by atoms with Crippen LogP contribution in [0.15, 0.2) is 28.8 Å². The van der Waals surface area contributed by atoms with Crippen molar-refractivity contribution in [2.45, 2.75) is 26.6 Å². The van der Waals surface area contributed by atoms with Crippen LogP contribution in [0.4, 0.5) is 8.78 Å². The molecule has 0 unspecified atom stereocenters. The Labute approximate surface area is 108 Å². The molecule has 2 aromatic rings. The Morgan fingerprint density at radius 3 is 2.58 bits per heavy atom. The quantitative estimate of drug-likeness (QED) is 0.871. The predicted molar refractivity (Wildman–Crippen MR) is 62.7 cm³/mol. The van der Waals surface area contributed by atoms with Crippen molar-refractivity contribution in [1.29, 1.82) is 0 Å². The molecule has 0 aliphatic rings. The lowest BCUT2D eigenvalue weighted by atomic mass is 10.2. The van der Waals surface area contributed by atoms with Gasteiger partial charge in [0.05, 0.1) is 6.54 Å². The molecule has 0 fully saturated rings. The number of nitrogens with one attached hydrogen (secondary N) is 1. The minimum atomic E-state index is -2.80. The van der Waals surface area contributed by atoms with Gasteiger partial charge in [0.1, 0.15) is 5.75 Å². The Balaban J connectivity index is 1.79. The van der Waals surface area contributed by atoms with E-state index in [2.05, 4.69) is 20.2 Å². The second-order valence-electron chi connectivity index (χ2n) is 3.86. The van der Waals surface area contributed by atoms with Crippen molar-refractivity contribution in [3.05, 3.63) is 41.5 Å². The van der Waals surface area contributed by atoms with Gasteiger partial charge < -0.3 is 14.6 Å². The van der Waals surface area contributed by atoms with E-state index < -0.39 is 6.61 Å². The molecule has 1 aromatic carbocycles. The molecule has 0 saturated heterocycles. The van der Waals surface area contributed by atoms with Crippen LogP contribution >= 0.6 is 0 Å². The molecule has 5 nitrogen and oxygen atoms in total. The topological polar surface area (TPSA) is 60.2 Å². The summed E-state index contributed by atoms with van der Waals surface area (Å²) in [6.45, 7) is -0.0360.